The van der Waals surface area contributed by atoms with Crippen LogP contribution in [0.4, 0.5) is 0 Å². The summed E-state index contributed by atoms with van der Waals surface area (Å²) in [7, 11) is 0. The molecule has 0 saturated carbocycles. The zero-order valence-electron chi connectivity index (χ0n) is 16.1. The molecule has 0 saturated heterocycles. The van der Waals surface area contributed by atoms with Gasteiger partial charge in [0.25, 0.3) is 0 Å². The second kappa shape index (κ2) is 4.97. The third kappa shape index (κ3) is 2.26. The SMILES string of the molecule is Cc1ccc2c(c1)CC2c1cc2c(cc1C)C(C)(C)CCC2(C)C. The lowest BCUT2D eigenvalue weighted by Gasteiger charge is -2.43. The van der Waals surface area contributed by atoms with Gasteiger partial charge in [0.05, 0.1) is 0 Å². The minimum Gasteiger partial charge on any atom is -0.0590 e. The van der Waals surface area contributed by atoms with Gasteiger partial charge in [-0.3, -0.25) is 0 Å². The summed E-state index contributed by atoms with van der Waals surface area (Å²) in [5.74, 6) is 0.603. The van der Waals surface area contributed by atoms with Crippen molar-refractivity contribution in [2.45, 2.75) is 77.6 Å². The van der Waals surface area contributed by atoms with Crippen molar-refractivity contribution in [3.63, 3.8) is 0 Å². The van der Waals surface area contributed by atoms with Crippen LogP contribution in [0.3, 0.4) is 0 Å². The normalized spacial score (nSPS) is 23.2. The number of hydrogen-bond donors (Lipinski definition) is 0. The first-order chi connectivity index (χ1) is 11.2. The van der Waals surface area contributed by atoms with E-state index in [4.69, 9.17) is 0 Å². The van der Waals surface area contributed by atoms with Gasteiger partial charge >= 0.3 is 0 Å². The Hall–Kier alpha value is -1.56. The van der Waals surface area contributed by atoms with Crippen molar-refractivity contribution < 1.29 is 0 Å². The number of hydrogen-bond acceptors (Lipinski definition) is 0. The highest BCUT2D eigenvalue weighted by molar-refractivity contribution is 5.54. The van der Waals surface area contributed by atoms with Crippen molar-refractivity contribution in [2.75, 3.05) is 0 Å². The number of fused-ring (bicyclic) bond motifs is 2. The van der Waals surface area contributed by atoms with Gasteiger partial charge in [0, 0.05) is 5.92 Å². The van der Waals surface area contributed by atoms with E-state index in [1.54, 1.807) is 27.8 Å². The third-order valence-corrected chi connectivity index (χ3v) is 6.71. The van der Waals surface area contributed by atoms with E-state index in [0.717, 1.165) is 0 Å². The second-order valence-electron chi connectivity index (χ2n) is 9.48. The molecule has 0 aliphatic heterocycles. The summed E-state index contributed by atoms with van der Waals surface area (Å²) in [6.45, 7) is 14.2. The molecule has 2 aromatic rings. The molecule has 2 aromatic carbocycles. The third-order valence-electron chi connectivity index (χ3n) is 6.71. The van der Waals surface area contributed by atoms with Crippen LogP contribution in [0, 0.1) is 13.8 Å². The molecule has 24 heavy (non-hydrogen) atoms. The molecule has 0 heterocycles. The van der Waals surface area contributed by atoms with Crippen molar-refractivity contribution in [1.29, 1.82) is 0 Å². The molecule has 1 unspecified atom stereocenters. The Morgan fingerprint density at radius 2 is 1.42 bits per heavy atom. The molecular formula is C24H30. The van der Waals surface area contributed by atoms with Gasteiger partial charge in [0.2, 0.25) is 0 Å². The van der Waals surface area contributed by atoms with Gasteiger partial charge in [-0.2, -0.15) is 0 Å². The number of benzene rings is 2. The Morgan fingerprint density at radius 3 is 2.04 bits per heavy atom. The molecule has 1 atom stereocenters. The molecule has 2 aliphatic carbocycles. The summed E-state index contributed by atoms with van der Waals surface area (Å²) >= 11 is 0. The van der Waals surface area contributed by atoms with E-state index < -0.39 is 0 Å². The fourth-order valence-electron chi connectivity index (χ4n) is 4.84. The van der Waals surface area contributed by atoms with Gasteiger partial charge in [-0.1, -0.05) is 63.6 Å². The van der Waals surface area contributed by atoms with Crippen LogP contribution < -0.4 is 0 Å². The zero-order valence-corrected chi connectivity index (χ0v) is 16.1. The fraction of sp³-hybridized carbons (Fsp3) is 0.500. The zero-order chi connectivity index (χ0) is 17.3. The smallest absolute Gasteiger partial charge is 0.0135 e. The predicted molar refractivity (Wildman–Crippen MR) is 103 cm³/mol. The van der Waals surface area contributed by atoms with Crippen molar-refractivity contribution in [3.8, 4) is 0 Å². The van der Waals surface area contributed by atoms with Crippen molar-refractivity contribution >= 4 is 0 Å². The first-order valence-electron chi connectivity index (χ1n) is 9.44. The molecule has 126 valence electrons. The van der Waals surface area contributed by atoms with Crippen LogP contribution in [-0.2, 0) is 17.3 Å². The summed E-state index contributed by atoms with van der Waals surface area (Å²) in [6, 6.07) is 12.1. The molecule has 2 aliphatic rings. The van der Waals surface area contributed by atoms with Crippen LogP contribution in [0.2, 0.25) is 0 Å². The van der Waals surface area contributed by atoms with E-state index in [-0.39, 0.29) is 0 Å². The van der Waals surface area contributed by atoms with E-state index in [9.17, 15) is 0 Å². The summed E-state index contributed by atoms with van der Waals surface area (Å²) in [6.07, 6.45) is 3.79. The summed E-state index contributed by atoms with van der Waals surface area (Å²) in [4.78, 5) is 0. The summed E-state index contributed by atoms with van der Waals surface area (Å²) in [5, 5.41) is 0. The molecule has 0 aromatic heterocycles. The van der Waals surface area contributed by atoms with Gasteiger partial charge in [-0.15, -0.1) is 0 Å². The maximum absolute atomic E-state index is 2.57. The Morgan fingerprint density at radius 1 is 0.792 bits per heavy atom. The van der Waals surface area contributed by atoms with Crippen LogP contribution >= 0.6 is 0 Å². The standard InChI is InChI=1S/C24H30/c1-15-7-8-18-17(11-15)13-20(18)19-14-22-21(12-16(19)2)23(3,4)9-10-24(22,5)6/h7-8,11-12,14,20H,9-10,13H2,1-6H3. The minimum atomic E-state index is 0.299. The first kappa shape index (κ1) is 15.9. The average Bonchev–Trinajstić information content (AvgIpc) is 2.48. The highest BCUT2D eigenvalue weighted by Crippen LogP contribution is 2.49. The molecule has 0 bridgehead atoms. The monoisotopic (exact) mass is 318 g/mol. The molecular weight excluding hydrogens is 288 g/mol. The summed E-state index contributed by atoms with van der Waals surface area (Å²) < 4.78 is 0. The van der Waals surface area contributed by atoms with Crippen molar-refractivity contribution in [3.05, 3.63) is 69.3 Å². The summed E-state index contributed by atoms with van der Waals surface area (Å²) in [5.41, 5.74) is 11.3. The van der Waals surface area contributed by atoms with Crippen LogP contribution in [0.25, 0.3) is 0 Å². The highest BCUT2D eigenvalue weighted by Gasteiger charge is 2.38. The largest absolute Gasteiger partial charge is 0.0590 e. The molecule has 0 nitrogen and oxygen atoms in total. The molecule has 0 N–H and O–H groups in total. The number of aryl methyl sites for hydroxylation is 2. The predicted octanol–water partition coefficient (Wildman–Crippen LogP) is 6.34. The van der Waals surface area contributed by atoms with Gasteiger partial charge in [0.15, 0.2) is 0 Å². The second-order valence-corrected chi connectivity index (χ2v) is 9.48. The average molecular weight is 319 g/mol. The van der Waals surface area contributed by atoms with E-state index in [1.165, 1.54) is 30.4 Å². The van der Waals surface area contributed by atoms with Gasteiger partial charge < -0.3 is 0 Å². The number of rotatable bonds is 1. The highest BCUT2D eigenvalue weighted by atomic mass is 14.4. The quantitative estimate of drug-likeness (QED) is 0.575. The molecule has 0 radical (unpaired) electrons. The topological polar surface area (TPSA) is 0 Å². The first-order valence-corrected chi connectivity index (χ1v) is 9.44. The van der Waals surface area contributed by atoms with Crippen LogP contribution in [-0.4, -0.2) is 0 Å². The maximum atomic E-state index is 2.57. The van der Waals surface area contributed by atoms with Crippen LogP contribution in [0.5, 0.6) is 0 Å². The maximum Gasteiger partial charge on any atom is 0.0135 e. The molecule has 0 spiro atoms. The van der Waals surface area contributed by atoms with E-state index in [2.05, 4.69) is 71.9 Å². The minimum absolute atomic E-state index is 0.299. The van der Waals surface area contributed by atoms with Gasteiger partial charge in [0.1, 0.15) is 0 Å². The lowest BCUT2D eigenvalue weighted by molar-refractivity contribution is 0.331. The van der Waals surface area contributed by atoms with E-state index in [0.29, 0.717) is 16.7 Å². The van der Waals surface area contributed by atoms with Crippen molar-refractivity contribution in [1.82, 2.24) is 0 Å². The van der Waals surface area contributed by atoms with Crippen LogP contribution in [0.1, 0.15) is 85.4 Å². The van der Waals surface area contributed by atoms with Gasteiger partial charge in [-0.05, 0) is 77.3 Å². The Balaban J connectivity index is 1.83. The van der Waals surface area contributed by atoms with E-state index in [1.807, 2.05) is 0 Å². The lowest BCUT2D eigenvalue weighted by Crippen LogP contribution is -2.34. The fourth-order valence-corrected chi connectivity index (χ4v) is 4.84. The molecule has 0 fully saturated rings. The Labute approximate surface area is 147 Å². The Kier molecular flexibility index (Phi) is 3.30. The molecule has 0 heteroatoms. The molecule has 0 amide bonds. The van der Waals surface area contributed by atoms with E-state index >= 15 is 0 Å². The van der Waals surface area contributed by atoms with Crippen LogP contribution in [0.15, 0.2) is 30.3 Å². The van der Waals surface area contributed by atoms with Gasteiger partial charge in [-0.25, -0.2) is 0 Å². The van der Waals surface area contributed by atoms with Crippen molar-refractivity contribution in [2.24, 2.45) is 0 Å². The molecule has 4 rings (SSSR count). The lowest BCUT2D eigenvalue weighted by atomic mass is 9.61. The Bertz CT molecular complexity index is 820.